The molecule has 2 aliphatic heterocycles. The number of benzene rings is 2. The van der Waals surface area contributed by atoms with Gasteiger partial charge in [-0.2, -0.15) is 0 Å². The van der Waals surface area contributed by atoms with E-state index in [0.29, 0.717) is 35.8 Å². The largest absolute Gasteiger partial charge is 0.495 e. The average molecular weight is 492 g/mol. The Kier molecular flexibility index (Phi) is 6.46. The molecule has 5 rings (SSSR count). The summed E-state index contributed by atoms with van der Waals surface area (Å²) in [6.07, 6.45) is 2.80. The number of urea groups is 1. The first-order chi connectivity index (χ1) is 17.0. The number of pyridine rings is 1. The maximum Gasteiger partial charge on any atom is 0.319 e. The number of fused-ring (bicyclic) bond motifs is 1. The van der Waals surface area contributed by atoms with E-state index >= 15 is 0 Å². The molecule has 8 nitrogen and oxygen atoms in total. The molecule has 35 heavy (non-hydrogen) atoms. The lowest BCUT2D eigenvalue weighted by atomic mass is 9.88. The Morgan fingerprint density at radius 2 is 2.00 bits per heavy atom. The van der Waals surface area contributed by atoms with Crippen LogP contribution in [0.1, 0.15) is 23.6 Å². The highest BCUT2D eigenvalue weighted by molar-refractivity contribution is 6.30. The molecule has 1 aromatic heterocycles. The van der Waals surface area contributed by atoms with E-state index in [2.05, 4.69) is 25.8 Å². The molecule has 0 spiro atoms. The Bertz CT molecular complexity index is 1230. The topological polar surface area (TPSA) is 95.6 Å². The maximum absolute atomic E-state index is 12.8. The van der Waals surface area contributed by atoms with E-state index in [9.17, 15) is 9.59 Å². The van der Waals surface area contributed by atoms with Gasteiger partial charge in [0.1, 0.15) is 5.75 Å². The molecular formula is C26H26ClN5O3. The van der Waals surface area contributed by atoms with E-state index in [-0.39, 0.29) is 23.9 Å². The standard InChI is InChI=1S/C26H26ClN5O3/c1-35-19-9-10-21(28-14-19)20-15-32(23-4-2-3-16-13-24(33)31-25(16)23)12-11-22(20)30-26(34)29-18-7-5-17(27)6-8-18/h2-10,14,20,22H,11-13,15H2,1H3,(H,31,33)(H2,29,30,34)/t20-,22+/m0/s1. The van der Waals surface area contributed by atoms with Crippen LogP contribution in [-0.4, -0.2) is 43.2 Å². The van der Waals surface area contributed by atoms with Crippen molar-refractivity contribution >= 4 is 40.6 Å². The SMILES string of the molecule is COc1ccc([C@@H]2CN(c3cccc4c3NC(=O)C4)CC[C@H]2NC(=O)Nc2ccc(Cl)cc2)nc1. The number of nitrogens with zero attached hydrogens (tertiary/aromatic N) is 2. The number of methoxy groups -OCH3 is 1. The van der Waals surface area contributed by atoms with Crippen molar-refractivity contribution in [2.24, 2.45) is 0 Å². The molecule has 0 aliphatic carbocycles. The van der Waals surface area contributed by atoms with Gasteiger partial charge in [0.15, 0.2) is 0 Å². The second-order valence-electron chi connectivity index (χ2n) is 8.71. The first-order valence-corrected chi connectivity index (χ1v) is 11.9. The molecule has 0 unspecified atom stereocenters. The smallest absolute Gasteiger partial charge is 0.319 e. The number of ether oxygens (including phenoxy) is 1. The highest BCUT2D eigenvalue weighted by Gasteiger charge is 2.34. The van der Waals surface area contributed by atoms with Gasteiger partial charge in [-0.15, -0.1) is 0 Å². The second-order valence-corrected chi connectivity index (χ2v) is 9.15. The summed E-state index contributed by atoms with van der Waals surface area (Å²) in [5.41, 5.74) is 4.42. The first kappa shape index (κ1) is 23.0. The number of carbonyl (C=O) groups excluding carboxylic acids is 2. The Hall–Kier alpha value is -3.78. The van der Waals surface area contributed by atoms with Crippen LogP contribution >= 0.6 is 11.6 Å². The van der Waals surface area contributed by atoms with Gasteiger partial charge in [-0.05, 0) is 54.4 Å². The van der Waals surface area contributed by atoms with Crippen LogP contribution in [0.25, 0.3) is 0 Å². The van der Waals surface area contributed by atoms with E-state index in [1.165, 1.54) is 0 Å². The van der Waals surface area contributed by atoms with Gasteiger partial charge < -0.3 is 25.6 Å². The summed E-state index contributed by atoms with van der Waals surface area (Å²) in [7, 11) is 1.61. The predicted octanol–water partition coefficient (Wildman–Crippen LogP) is 4.42. The molecule has 2 atom stereocenters. The minimum atomic E-state index is -0.280. The van der Waals surface area contributed by atoms with Crippen molar-refractivity contribution < 1.29 is 14.3 Å². The number of aromatic nitrogens is 1. The van der Waals surface area contributed by atoms with Crippen LogP contribution in [0.4, 0.5) is 21.9 Å². The highest BCUT2D eigenvalue weighted by Crippen LogP contribution is 2.38. The molecule has 3 amide bonds. The summed E-state index contributed by atoms with van der Waals surface area (Å²) in [5.74, 6) is 0.616. The molecule has 3 heterocycles. The zero-order valence-corrected chi connectivity index (χ0v) is 20.0. The number of amides is 3. The number of hydrogen-bond donors (Lipinski definition) is 3. The van der Waals surface area contributed by atoms with Crippen LogP contribution in [0, 0.1) is 0 Å². The van der Waals surface area contributed by atoms with Crippen LogP contribution in [0.2, 0.25) is 5.02 Å². The predicted molar refractivity (Wildman–Crippen MR) is 137 cm³/mol. The third kappa shape index (κ3) is 5.02. The summed E-state index contributed by atoms with van der Waals surface area (Å²) in [5, 5.41) is 9.63. The third-order valence-corrected chi connectivity index (χ3v) is 6.74. The van der Waals surface area contributed by atoms with E-state index in [0.717, 1.165) is 29.2 Å². The third-order valence-electron chi connectivity index (χ3n) is 6.49. The van der Waals surface area contributed by atoms with Gasteiger partial charge in [-0.3, -0.25) is 9.78 Å². The average Bonchev–Trinajstić information content (AvgIpc) is 3.26. The molecule has 2 aromatic carbocycles. The van der Waals surface area contributed by atoms with Gasteiger partial charge in [0, 0.05) is 41.5 Å². The fourth-order valence-corrected chi connectivity index (χ4v) is 4.87. The Morgan fingerprint density at radius 1 is 1.17 bits per heavy atom. The van der Waals surface area contributed by atoms with Crippen molar-refractivity contribution in [3.8, 4) is 5.75 Å². The molecule has 1 saturated heterocycles. The molecule has 1 fully saturated rings. The summed E-state index contributed by atoms with van der Waals surface area (Å²) in [6, 6.07) is 16.4. The molecule has 0 bridgehead atoms. The number of piperidine rings is 1. The van der Waals surface area contributed by atoms with Crippen LogP contribution in [0.5, 0.6) is 5.75 Å². The van der Waals surface area contributed by atoms with Gasteiger partial charge in [0.2, 0.25) is 5.91 Å². The van der Waals surface area contributed by atoms with Gasteiger partial charge in [0.25, 0.3) is 0 Å². The molecule has 9 heteroatoms. The lowest BCUT2D eigenvalue weighted by Gasteiger charge is -2.40. The van der Waals surface area contributed by atoms with E-state index < -0.39 is 0 Å². The summed E-state index contributed by atoms with van der Waals surface area (Å²) in [6.45, 7) is 1.36. The Labute approximate surface area is 208 Å². The highest BCUT2D eigenvalue weighted by atomic mass is 35.5. The molecule has 0 saturated carbocycles. The second kappa shape index (κ2) is 9.84. The van der Waals surface area contributed by atoms with Crippen LogP contribution < -0.4 is 25.6 Å². The van der Waals surface area contributed by atoms with Crippen LogP contribution in [0.3, 0.4) is 0 Å². The summed E-state index contributed by atoms with van der Waals surface area (Å²) in [4.78, 5) is 31.7. The molecule has 180 valence electrons. The molecule has 3 N–H and O–H groups in total. The maximum atomic E-state index is 12.8. The molecule has 0 radical (unpaired) electrons. The van der Waals surface area contributed by atoms with E-state index in [4.69, 9.17) is 16.3 Å². The zero-order chi connectivity index (χ0) is 24.4. The van der Waals surface area contributed by atoms with Gasteiger partial charge in [-0.25, -0.2) is 4.79 Å². The number of carbonyl (C=O) groups is 2. The van der Waals surface area contributed by atoms with E-state index in [1.807, 2.05) is 30.3 Å². The van der Waals surface area contributed by atoms with Crippen LogP contribution in [0.15, 0.2) is 60.8 Å². The monoisotopic (exact) mass is 491 g/mol. The molecule has 2 aliphatic rings. The quantitative estimate of drug-likeness (QED) is 0.491. The first-order valence-electron chi connectivity index (χ1n) is 11.5. The van der Waals surface area contributed by atoms with Crippen molar-refractivity contribution in [3.63, 3.8) is 0 Å². The fourth-order valence-electron chi connectivity index (χ4n) is 4.74. The van der Waals surface area contributed by atoms with Gasteiger partial charge in [-0.1, -0.05) is 23.7 Å². The van der Waals surface area contributed by atoms with Crippen molar-refractivity contribution in [2.75, 3.05) is 35.7 Å². The molecular weight excluding hydrogens is 466 g/mol. The number of halogens is 1. The summed E-state index contributed by atoms with van der Waals surface area (Å²) < 4.78 is 5.27. The lowest BCUT2D eigenvalue weighted by Crippen LogP contribution is -2.51. The molecule has 3 aromatic rings. The number of rotatable bonds is 5. The van der Waals surface area contributed by atoms with Crippen LogP contribution in [-0.2, 0) is 11.2 Å². The van der Waals surface area contributed by atoms with Crippen molar-refractivity contribution in [3.05, 3.63) is 77.1 Å². The van der Waals surface area contributed by atoms with E-state index in [1.54, 1.807) is 37.6 Å². The fraction of sp³-hybridized carbons (Fsp3) is 0.269. The number of hydrogen-bond acceptors (Lipinski definition) is 5. The van der Waals surface area contributed by atoms with Gasteiger partial charge in [0.05, 0.1) is 31.1 Å². The lowest BCUT2D eigenvalue weighted by molar-refractivity contribution is -0.115. The number of nitrogens with one attached hydrogen (secondary N) is 3. The Balaban J connectivity index is 1.37. The summed E-state index contributed by atoms with van der Waals surface area (Å²) >= 11 is 5.95. The van der Waals surface area contributed by atoms with Crippen molar-refractivity contribution in [1.82, 2.24) is 10.3 Å². The minimum Gasteiger partial charge on any atom is -0.495 e. The van der Waals surface area contributed by atoms with Crippen molar-refractivity contribution in [2.45, 2.75) is 24.8 Å². The minimum absolute atomic E-state index is 0.0104. The Morgan fingerprint density at radius 3 is 2.74 bits per heavy atom. The zero-order valence-electron chi connectivity index (χ0n) is 19.3. The van der Waals surface area contributed by atoms with Gasteiger partial charge >= 0.3 is 6.03 Å². The van der Waals surface area contributed by atoms with Crippen molar-refractivity contribution in [1.29, 1.82) is 0 Å². The number of para-hydroxylation sites is 1. The number of anilines is 3. The normalized spacial score (nSPS) is 19.0.